The van der Waals surface area contributed by atoms with Gasteiger partial charge in [-0.3, -0.25) is 9.97 Å². The molecule has 2 aromatic carbocycles. The van der Waals surface area contributed by atoms with Crippen LogP contribution >= 0.6 is 0 Å². The molecule has 0 atom stereocenters. The highest BCUT2D eigenvalue weighted by atomic mass is 16.5. The number of pyridine rings is 3. The zero-order valence-corrected chi connectivity index (χ0v) is 18.2. The number of aromatic nitrogens is 4. The van der Waals surface area contributed by atoms with Crippen LogP contribution in [0, 0.1) is 0 Å². The molecule has 4 aromatic heterocycles. The highest BCUT2D eigenvalue weighted by Gasteiger charge is 2.16. The van der Waals surface area contributed by atoms with Gasteiger partial charge in [0, 0.05) is 23.2 Å². The van der Waals surface area contributed by atoms with Crippen molar-refractivity contribution >= 4 is 29.5 Å². The van der Waals surface area contributed by atoms with E-state index in [1.54, 1.807) is 12.4 Å². The Kier molecular flexibility index (Phi) is 5.01. The molecule has 1 N–H and O–H groups in total. The molecule has 0 aliphatic carbocycles. The second-order valence-corrected chi connectivity index (χ2v) is 7.83. The minimum Gasteiger partial charge on any atom is -0.539 e. The number of rotatable bonds is 5. The van der Waals surface area contributed by atoms with Crippen LogP contribution in [0.15, 0.2) is 103 Å². The van der Waals surface area contributed by atoms with E-state index >= 15 is 0 Å². The lowest BCUT2D eigenvalue weighted by molar-refractivity contribution is 0.454. The van der Waals surface area contributed by atoms with E-state index in [4.69, 9.17) is 9.64 Å². The first-order valence-electron chi connectivity index (χ1n) is 10.9. The van der Waals surface area contributed by atoms with Gasteiger partial charge in [0.15, 0.2) is 0 Å². The number of hydrogen-bond donors (Lipinski definition) is 1. The van der Waals surface area contributed by atoms with E-state index in [1.807, 2.05) is 66.7 Å². The molecule has 0 saturated heterocycles. The van der Waals surface area contributed by atoms with Crippen LogP contribution < -0.4 is 4.65 Å². The monoisotopic (exact) mass is 442 g/mol. The number of hydrogen-bond acceptors (Lipinski definition) is 5. The predicted octanol–water partition coefficient (Wildman–Crippen LogP) is 4.94. The summed E-state index contributed by atoms with van der Waals surface area (Å²) in [6.45, 7) is 0. The van der Waals surface area contributed by atoms with Crippen LogP contribution in [0.4, 0.5) is 0 Å². The van der Waals surface area contributed by atoms with Gasteiger partial charge in [-0.2, -0.15) is 0 Å². The van der Waals surface area contributed by atoms with Crippen molar-refractivity contribution in [3.05, 3.63) is 103 Å². The number of fused-ring (bicyclic) bond motifs is 3. The Bertz CT molecular complexity index is 1560. The smallest absolute Gasteiger partial charge is 0.504 e. The minimum atomic E-state index is -0.366. The molecule has 0 spiro atoms. The zero-order valence-electron chi connectivity index (χ0n) is 18.2. The van der Waals surface area contributed by atoms with Crippen LogP contribution in [0.1, 0.15) is 0 Å². The lowest BCUT2D eigenvalue weighted by Gasteiger charge is -2.12. The summed E-state index contributed by atoms with van der Waals surface area (Å²) in [7, 11) is -0.366. The summed E-state index contributed by atoms with van der Waals surface area (Å²) in [4.78, 5) is 14.0. The Morgan fingerprint density at radius 1 is 0.647 bits per heavy atom. The maximum absolute atomic E-state index is 9.22. The van der Waals surface area contributed by atoms with E-state index in [-0.39, 0.29) is 7.69 Å². The van der Waals surface area contributed by atoms with Crippen molar-refractivity contribution < 1.29 is 9.68 Å². The fourth-order valence-electron chi connectivity index (χ4n) is 4.33. The summed E-state index contributed by atoms with van der Waals surface area (Å²) in [5, 5.41) is 11.4. The van der Waals surface area contributed by atoms with E-state index in [0.717, 1.165) is 50.3 Å². The molecule has 4 heterocycles. The van der Waals surface area contributed by atoms with Gasteiger partial charge in [0.1, 0.15) is 5.75 Å². The molecule has 34 heavy (non-hydrogen) atoms. The molecule has 0 fully saturated rings. The summed E-state index contributed by atoms with van der Waals surface area (Å²) in [5.41, 5.74) is 6.16. The maximum Gasteiger partial charge on any atom is 0.504 e. The maximum atomic E-state index is 9.22. The lowest BCUT2D eigenvalue weighted by atomic mass is 10.1. The second-order valence-electron chi connectivity index (χ2n) is 7.83. The third-order valence-electron chi connectivity index (χ3n) is 5.80. The molecule has 0 bridgehead atoms. The summed E-state index contributed by atoms with van der Waals surface area (Å²) >= 11 is 0. The summed E-state index contributed by atoms with van der Waals surface area (Å²) in [6, 6.07) is 29.8. The number of nitrogens with zero attached hydrogens (tertiary/aromatic N) is 4. The average molecular weight is 442 g/mol. The largest absolute Gasteiger partial charge is 0.539 e. The predicted molar refractivity (Wildman–Crippen MR) is 135 cm³/mol. The fraction of sp³-hybridized carbons (Fsp3) is 0. The second kappa shape index (κ2) is 8.46. The third kappa shape index (κ3) is 3.48. The first-order chi connectivity index (χ1) is 16.8. The van der Waals surface area contributed by atoms with Crippen LogP contribution in [-0.2, 0) is 0 Å². The van der Waals surface area contributed by atoms with E-state index in [9.17, 15) is 5.02 Å². The van der Waals surface area contributed by atoms with Crippen molar-refractivity contribution in [1.82, 2.24) is 19.5 Å². The summed E-state index contributed by atoms with van der Waals surface area (Å²) < 4.78 is 7.57. The van der Waals surface area contributed by atoms with Gasteiger partial charge >= 0.3 is 7.69 Å². The molecule has 0 unspecified atom stereocenters. The molecule has 0 aliphatic heterocycles. The topological polar surface area (TPSA) is 73.1 Å². The Hall–Kier alpha value is -4.49. The van der Waals surface area contributed by atoms with Gasteiger partial charge in [0.25, 0.3) is 0 Å². The Labute approximate surface area is 196 Å². The van der Waals surface area contributed by atoms with Crippen molar-refractivity contribution in [2.24, 2.45) is 0 Å². The van der Waals surface area contributed by atoms with Crippen LogP contribution in [-0.4, -0.2) is 32.2 Å². The minimum absolute atomic E-state index is 0.366. The Morgan fingerprint density at radius 3 is 1.94 bits per heavy atom. The molecule has 0 radical (unpaired) electrons. The van der Waals surface area contributed by atoms with Crippen molar-refractivity contribution in [1.29, 1.82) is 0 Å². The molecular weight excluding hydrogens is 423 g/mol. The quantitative estimate of drug-likeness (QED) is 0.383. The van der Waals surface area contributed by atoms with Crippen molar-refractivity contribution in [3.63, 3.8) is 0 Å². The molecule has 0 saturated carbocycles. The molecule has 7 heteroatoms. The summed E-state index contributed by atoms with van der Waals surface area (Å²) in [6.07, 6.45) is 3.54. The van der Waals surface area contributed by atoms with Crippen molar-refractivity contribution in [2.45, 2.75) is 0 Å². The first kappa shape index (κ1) is 20.1. The molecule has 0 aliphatic rings. The van der Waals surface area contributed by atoms with Crippen molar-refractivity contribution in [3.8, 4) is 34.2 Å². The van der Waals surface area contributed by atoms with E-state index in [1.165, 1.54) is 0 Å². The van der Waals surface area contributed by atoms with Crippen LogP contribution in [0.3, 0.4) is 0 Å². The van der Waals surface area contributed by atoms with Gasteiger partial charge in [-0.25, -0.2) is 4.98 Å². The van der Waals surface area contributed by atoms with Gasteiger partial charge in [-0.05, 0) is 60.7 Å². The number of para-hydroxylation sites is 1. The highest BCUT2D eigenvalue weighted by molar-refractivity contribution is 6.17. The first-order valence-corrected chi connectivity index (χ1v) is 10.9. The highest BCUT2D eigenvalue weighted by Crippen LogP contribution is 2.35. The third-order valence-corrected chi connectivity index (χ3v) is 5.80. The van der Waals surface area contributed by atoms with Crippen LogP contribution in [0.2, 0.25) is 0 Å². The van der Waals surface area contributed by atoms with E-state index < -0.39 is 0 Å². The molecule has 162 valence electrons. The molecule has 6 nitrogen and oxygen atoms in total. The van der Waals surface area contributed by atoms with Crippen LogP contribution in [0.5, 0.6) is 5.75 Å². The van der Waals surface area contributed by atoms with E-state index in [0.29, 0.717) is 5.75 Å². The van der Waals surface area contributed by atoms with E-state index in [2.05, 4.69) is 38.8 Å². The number of benzene rings is 2. The normalized spacial score (nSPS) is 11.1. The molecule has 6 rings (SSSR count). The zero-order chi connectivity index (χ0) is 22.9. The van der Waals surface area contributed by atoms with Gasteiger partial charge in [0.2, 0.25) is 0 Å². The summed E-state index contributed by atoms with van der Waals surface area (Å²) in [5.74, 6) is 0.621. The fourth-order valence-corrected chi connectivity index (χ4v) is 4.33. The average Bonchev–Trinajstić information content (AvgIpc) is 3.23. The standard InChI is InChI=1S/C27H19BN4O2/c33-28-34-19-11-12-27-21(17-19)20-7-1-2-10-26(20)32(27)18-15-24(22-8-3-5-13-29-22)31-25(16-18)23-9-4-6-14-30-23/h1-17,28,33H. The van der Waals surface area contributed by atoms with Gasteiger partial charge in [0.05, 0.1) is 39.5 Å². The molecule has 6 aromatic rings. The molecule has 0 amide bonds. The van der Waals surface area contributed by atoms with Gasteiger partial charge < -0.3 is 14.2 Å². The van der Waals surface area contributed by atoms with Crippen LogP contribution in [0.25, 0.3) is 50.3 Å². The van der Waals surface area contributed by atoms with Crippen molar-refractivity contribution in [2.75, 3.05) is 0 Å². The molecular formula is C27H19BN4O2. The lowest BCUT2D eigenvalue weighted by Crippen LogP contribution is -2.00. The Morgan fingerprint density at radius 2 is 1.29 bits per heavy atom. The van der Waals surface area contributed by atoms with Gasteiger partial charge in [-0.1, -0.05) is 30.3 Å². The SMILES string of the molecule is OBOc1ccc2c(c1)c1ccccc1n2-c1cc(-c2ccccn2)nc(-c2ccccn2)c1. The Balaban J connectivity index is 1.66. The van der Waals surface area contributed by atoms with Gasteiger partial charge in [-0.15, -0.1) is 0 Å².